The molecule has 2 N–H and O–H groups in total. The number of nitrogens with one attached hydrogen (secondary N) is 2. The number of nitrogens with zero attached hydrogens (tertiary/aromatic N) is 5. The molecule has 0 aliphatic heterocycles. The first kappa shape index (κ1) is 30.5. The van der Waals surface area contributed by atoms with Crippen LogP contribution < -0.4 is 16.0 Å². The molecule has 0 fully saturated rings. The van der Waals surface area contributed by atoms with Crippen molar-refractivity contribution in [3.63, 3.8) is 0 Å². The lowest BCUT2D eigenvalue weighted by Crippen LogP contribution is -2.44. The minimum Gasteiger partial charge on any atom is -0.465 e. The van der Waals surface area contributed by atoms with Crippen LogP contribution >= 0.6 is 22.9 Å². The van der Waals surface area contributed by atoms with Gasteiger partial charge in [0, 0.05) is 35.9 Å². The van der Waals surface area contributed by atoms with Crippen molar-refractivity contribution >= 4 is 50.5 Å². The van der Waals surface area contributed by atoms with Crippen LogP contribution in [0.25, 0.3) is 10.6 Å². The normalized spacial score (nSPS) is 11.3. The third-order valence-electron chi connectivity index (χ3n) is 5.17. The monoisotopic (exact) mass is 615 g/mol. The number of carbonyl (C=O) groups is 2. The summed E-state index contributed by atoms with van der Waals surface area (Å²) in [5, 5.41) is 18.8. The van der Waals surface area contributed by atoms with Crippen molar-refractivity contribution in [3.05, 3.63) is 65.9 Å². The molecule has 2 aromatic heterocycles. The third kappa shape index (κ3) is 7.56. The van der Waals surface area contributed by atoms with E-state index in [-0.39, 0.29) is 46.5 Å². The van der Waals surface area contributed by atoms with Gasteiger partial charge in [-0.1, -0.05) is 22.9 Å². The van der Waals surface area contributed by atoms with E-state index in [1.165, 1.54) is 25.3 Å². The second-order valence-corrected chi connectivity index (χ2v) is 11.4. The highest BCUT2D eigenvalue weighted by Crippen LogP contribution is 2.34. The number of hydrogen-bond acceptors (Lipinski definition) is 12. The van der Waals surface area contributed by atoms with Crippen molar-refractivity contribution in [1.82, 2.24) is 29.4 Å². The molecule has 0 bridgehead atoms. The van der Waals surface area contributed by atoms with Gasteiger partial charge in [-0.15, -0.1) is 10.2 Å². The Kier molecular flexibility index (Phi) is 9.85. The van der Waals surface area contributed by atoms with Crippen molar-refractivity contribution in [2.75, 3.05) is 26.2 Å². The van der Waals surface area contributed by atoms with Crippen molar-refractivity contribution in [2.45, 2.75) is 24.7 Å². The second-order valence-electron chi connectivity index (χ2n) is 8.01. The number of esters is 1. The van der Waals surface area contributed by atoms with Gasteiger partial charge in [0.05, 0.1) is 17.1 Å². The summed E-state index contributed by atoms with van der Waals surface area (Å²) < 4.78 is 33.1. The van der Waals surface area contributed by atoms with Crippen LogP contribution in [0.1, 0.15) is 12.5 Å². The number of nitro groups is 1. The van der Waals surface area contributed by atoms with Crippen LogP contribution in [0.5, 0.6) is 0 Å². The lowest BCUT2D eigenvalue weighted by atomic mass is 10.2. The zero-order valence-corrected chi connectivity index (χ0v) is 23.3. The van der Waals surface area contributed by atoms with Gasteiger partial charge in [-0.3, -0.25) is 34.0 Å². The van der Waals surface area contributed by atoms with E-state index >= 15 is 0 Å². The molecule has 0 radical (unpaired) electrons. The molecule has 0 saturated carbocycles. The van der Waals surface area contributed by atoms with E-state index in [2.05, 4.69) is 19.9 Å². The van der Waals surface area contributed by atoms with Crippen molar-refractivity contribution in [2.24, 2.45) is 0 Å². The first-order valence-corrected chi connectivity index (χ1v) is 14.0. The van der Waals surface area contributed by atoms with E-state index in [1.807, 2.05) is 0 Å². The number of rotatable bonds is 12. The Morgan fingerprint density at radius 3 is 2.70 bits per heavy atom. The number of carbonyl (C=O) groups excluding carboxylic acids is 2. The topological polar surface area (TPSA) is 217 Å². The van der Waals surface area contributed by atoms with Crippen LogP contribution in [0.15, 0.2) is 38.3 Å². The van der Waals surface area contributed by atoms with E-state index in [4.69, 9.17) is 16.3 Å². The van der Waals surface area contributed by atoms with E-state index in [0.717, 1.165) is 15.5 Å². The molecule has 40 heavy (non-hydrogen) atoms. The van der Waals surface area contributed by atoms with Crippen LogP contribution in [0.3, 0.4) is 0 Å². The molecule has 0 saturated heterocycles. The molecular formula is C21H22ClN7O9S2. The zero-order valence-electron chi connectivity index (χ0n) is 20.9. The van der Waals surface area contributed by atoms with Gasteiger partial charge in [0.25, 0.3) is 21.3 Å². The maximum atomic E-state index is 12.9. The Bertz CT molecular complexity index is 1670. The fourth-order valence-electron chi connectivity index (χ4n) is 3.28. The molecular weight excluding hydrogens is 594 g/mol. The number of halogens is 1. The average Bonchev–Trinajstić information content (AvgIpc) is 3.38. The number of ether oxygens (including phenoxy) is 1. The number of hydrogen-bond donors (Lipinski definition) is 2. The molecule has 0 aliphatic carbocycles. The van der Waals surface area contributed by atoms with Crippen LogP contribution in [-0.4, -0.2) is 76.1 Å². The summed E-state index contributed by atoms with van der Waals surface area (Å²) in [6.45, 7) is 1.30. The summed E-state index contributed by atoms with van der Waals surface area (Å²) in [5.41, 5.74) is -1.64. The standard InChI is InChI=1S/C21H22ClN7O9S2/c1-3-38-17(31)11-27(16(30)10-28-9-12(2)18(32)24-20(28)33)7-6-23-40(36,37)21-26-25-19(39-21)14-5-4-13(22)8-15(14)29(34)35/h4-5,8-9,23H,3,6-7,10-11H2,1-2H3,(H,24,32,33). The highest BCUT2D eigenvalue weighted by atomic mass is 35.5. The molecule has 0 atom stereocenters. The molecule has 214 valence electrons. The summed E-state index contributed by atoms with van der Waals surface area (Å²) in [6, 6.07) is 3.80. The zero-order chi connectivity index (χ0) is 29.6. The van der Waals surface area contributed by atoms with Gasteiger partial charge in [-0.2, -0.15) is 0 Å². The number of aryl methyl sites for hydroxylation is 1. The van der Waals surface area contributed by atoms with Gasteiger partial charge in [-0.05, 0) is 26.0 Å². The van der Waals surface area contributed by atoms with Crippen LogP contribution in [-0.2, 0) is 30.9 Å². The highest BCUT2D eigenvalue weighted by Gasteiger charge is 2.26. The number of H-pyrrole nitrogens is 1. The largest absolute Gasteiger partial charge is 0.465 e. The molecule has 1 amide bonds. The number of amides is 1. The Hall–Kier alpha value is -4.00. The SMILES string of the molecule is CCOC(=O)CN(CCNS(=O)(=O)c1nnc(-c2ccc(Cl)cc2[N+](=O)[O-])s1)C(=O)Cn1cc(C)c(=O)[nH]c1=O. The van der Waals surface area contributed by atoms with Crippen molar-refractivity contribution < 1.29 is 27.7 Å². The van der Waals surface area contributed by atoms with Gasteiger partial charge in [-0.25, -0.2) is 17.9 Å². The van der Waals surface area contributed by atoms with E-state index < -0.39 is 55.5 Å². The summed E-state index contributed by atoms with van der Waals surface area (Å²) in [4.78, 5) is 62.3. The maximum absolute atomic E-state index is 12.9. The van der Waals surface area contributed by atoms with Gasteiger partial charge in [0.1, 0.15) is 13.1 Å². The lowest BCUT2D eigenvalue weighted by Gasteiger charge is -2.22. The Balaban J connectivity index is 1.75. The maximum Gasteiger partial charge on any atom is 0.328 e. The second kappa shape index (κ2) is 12.9. The van der Waals surface area contributed by atoms with Crippen LogP contribution in [0.2, 0.25) is 5.02 Å². The third-order valence-corrected chi connectivity index (χ3v) is 8.19. The Morgan fingerprint density at radius 1 is 1.30 bits per heavy atom. The van der Waals surface area contributed by atoms with Gasteiger partial charge in [0.15, 0.2) is 5.01 Å². The lowest BCUT2D eigenvalue weighted by molar-refractivity contribution is -0.384. The van der Waals surface area contributed by atoms with Crippen molar-refractivity contribution in [1.29, 1.82) is 0 Å². The molecule has 0 aliphatic rings. The van der Waals surface area contributed by atoms with Crippen LogP contribution in [0.4, 0.5) is 5.69 Å². The first-order chi connectivity index (χ1) is 18.8. The number of benzene rings is 1. The number of aromatic nitrogens is 4. The highest BCUT2D eigenvalue weighted by molar-refractivity contribution is 7.91. The number of aromatic amines is 1. The minimum atomic E-state index is -4.27. The molecule has 2 heterocycles. The Labute approximate surface area is 234 Å². The summed E-state index contributed by atoms with van der Waals surface area (Å²) >= 11 is 6.39. The Morgan fingerprint density at radius 2 is 2.02 bits per heavy atom. The predicted octanol–water partition coefficient (Wildman–Crippen LogP) is 0.295. The number of sulfonamides is 1. The molecule has 3 rings (SSSR count). The molecule has 16 nitrogen and oxygen atoms in total. The number of nitro benzene ring substituents is 1. The average molecular weight is 616 g/mol. The molecule has 1 aromatic carbocycles. The fourth-order valence-corrected chi connectivity index (χ4v) is 5.54. The van der Waals surface area contributed by atoms with E-state index in [9.17, 15) is 37.7 Å². The van der Waals surface area contributed by atoms with Crippen molar-refractivity contribution in [3.8, 4) is 10.6 Å². The van der Waals surface area contributed by atoms with Gasteiger partial charge in [0.2, 0.25) is 10.2 Å². The molecule has 0 unspecified atom stereocenters. The first-order valence-electron chi connectivity index (χ1n) is 11.3. The van der Waals surface area contributed by atoms with E-state index in [0.29, 0.717) is 11.3 Å². The predicted molar refractivity (Wildman–Crippen MR) is 141 cm³/mol. The van der Waals surface area contributed by atoms with Gasteiger partial charge >= 0.3 is 11.7 Å². The van der Waals surface area contributed by atoms with Crippen LogP contribution in [0, 0.1) is 17.0 Å². The summed E-state index contributed by atoms with van der Waals surface area (Å²) in [7, 11) is -4.27. The molecule has 19 heteroatoms. The molecule has 3 aromatic rings. The summed E-state index contributed by atoms with van der Waals surface area (Å²) in [5.74, 6) is -1.49. The summed E-state index contributed by atoms with van der Waals surface area (Å²) in [6.07, 6.45) is 1.18. The molecule has 0 spiro atoms. The van der Waals surface area contributed by atoms with Gasteiger partial charge < -0.3 is 9.64 Å². The van der Waals surface area contributed by atoms with E-state index in [1.54, 1.807) is 6.92 Å². The quantitative estimate of drug-likeness (QED) is 0.160. The fraction of sp³-hybridized carbons (Fsp3) is 0.333. The smallest absolute Gasteiger partial charge is 0.328 e. The minimum absolute atomic E-state index is 0.0206.